The summed E-state index contributed by atoms with van der Waals surface area (Å²) in [7, 11) is 0. The van der Waals surface area contributed by atoms with Crippen molar-refractivity contribution in [2.45, 2.75) is 45.2 Å². The molecule has 2 heterocycles. The lowest BCUT2D eigenvalue weighted by atomic mass is 10.1. The normalized spacial score (nSPS) is 20.6. The van der Waals surface area contributed by atoms with Crippen molar-refractivity contribution in [1.82, 2.24) is 19.8 Å². The third-order valence-electron chi connectivity index (χ3n) is 3.47. The Morgan fingerprint density at radius 3 is 2.89 bits per heavy atom. The Labute approximate surface area is 115 Å². The minimum absolute atomic E-state index is 0.0187. The maximum Gasteiger partial charge on any atom is 0.236 e. The molecule has 0 bridgehead atoms. The lowest BCUT2D eigenvalue weighted by Gasteiger charge is -2.34. The third kappa shape index (κ3) is 4.06. The highest BCUT2D eigenvalue weighted by molar-refractivity contribution is 5.78. The van der Waals surface area contributed by atoms with Crippen molar-refractivity contribution in [1.29, 1.82) is 0 Å². The van der Waals surface area contributed by atoms with E-state index in [1.54, 1.807) is 6.20 Å². The van der Waals surface area contributed by atoms with Crippen LogP contribution in [0.25, 0.3) is 0 Å². The number of likely N-dealkylation sites (tertiary alicyclic amines) is 1. The second-order valence-corrected chi connectivity index (χ2v) is 6.25. The van der Waals surface area contributed by atoms with Gasteiger partial charge in [-0.1, -0.05) is 0 Å². The largest absolute Gasteiger partial charge is 0.340 e. The quantitative estimate of drug-likeness (QED) is 0.898. The monoisotopic (exact) mass is 264 g/mol. The number of nitrogens with zero attached hydrogens (tertiary/aromatic N) is 3. The first kappa shape index (κ1) is 14.1. The van der Waals surface area contributed by atoms with E-state index < -0.39 is 0 Å². The van der Waals surface area contributed by atoms with Gasteiger partial charge in [-0.15, -0.1) is 0 Å². The smallest absolute Gasteiger partial charge is 0.236 e. The average Bonchev–Trinajstić information content (AvgIpc) is 2.89. The molecule has 1 atom stereocenters. The van der Waals surface area contributed by atoms with Crippen LogP contribution in [0.5, 0.6) is 0 Å². The number of piperidine rings is 1. The zero-order chi connectivity index (χ0) is 13.9. The molecule has 0 aromatic carbocycles. The summed E-state index contributed by atoms with van der Waals surface area (Å²) in [4.78, 5) is 18.2. The number of carbonyl (C=O) groups excluding carboxylic acids is 1. The van der Waals surface area contributed by atoms with Gasteiger partial charge in [0.05, 0.1) is 18.9 Å². The highest BCUT2D eigenvalue weighted by atomic mass is 16.2. The molecule has 5 nitrogen and oxygen atoms in total. The van der Waals surface area contributed by atoms with Crippen LogP contribution in [0, 0.1) is 0 Å². The number of imidazole rings is 1. The predicted octanol–water partition coefficient (Wildman–Crippen LogP) is 1.43. The molecule has 2 rings (SSSR count). The highest BCUT2D eigenvalue weighted by Gasteiger charge is 2.24. The van der Waals surface area contributed by atoms with Crippen LogP contribution in [0.1, 0.15) is 39.7 Å². The van der Waals surface area contributed by atoms with E-state index in [0.717, 1.165) is 25.9 Å². The van der Waals surface area contributed by atoms with E-state index in [2.05, 4.69) is 35.6 Å². The van der Waals surface area contributed by atoms with Gasteiger partial charge in [0.25, 0.3) is 0 Å². The first-order chi connectivity index (χ1) is 8.96. The van der Waals surface area contributed by atoms with Crippen molar-refractivity contribution in [3.63, 3.8) is 0 Å². The second-order valence-electron chi connectivity index (χ2n) is 6.25. The molecular formula is C14H24N4O. The fourth-order valence-electron chi connectivity index (χ4n) is 2.36. The Kier molecular flexibility index (Phi) is 4.24. The van der Waals surface area contributed by atoms with Crippen molar-refractivity contribution in [3.8, 4) is 0 Å². The zero-order valence-electron chi connectivity index (χ0n) is 12.1. The molecule has 0 saturated carbocycles. The topological polar surface area (TPSA) is 50.2 Å². The summed E-state index contributed by atoms with van der Waals surface area (Å²) in [6, 6.07) is 0.370. The van der Waals surface area contributed by atoms with Crippen LogP contribution in [-0.2, 0) is 4.79 Å². The van der Waals surface area contributed by atoms with E-state index in [-0.39, 0.29) is 11.4 Å². The fourth-order valence-corrected chi connectivity index (χ4v) is 2.36. The van der Waals surface area contributed by atoms with E-state index in [1.807, 2.05) is 17.4 Å². The third-order valence-corrected chi connectivity index (χ3v) is 3.47. The Morgan fingerprint density at radius 2 is 2.26 bits per heavy atom. The molecular weight excluding hydrogens is 240 g/mol. The van der Waals surface area contributed by atoms with E-state index in [1.165, 1.54) is 0 Å². The molecule has 0 aliphatic carbocycles. The molecule has 5 heteroatoms. The fraction of sp³-hybridized carbons (Fsp3) is 0.714. The molecule has 0 spiro atoms. The number of hydrogen-bond donors (Lipinski definition) is 1. The number of nitrogens with one attached hydrogen (secondary N) is 1. The summed E-state index contributed by atoms with van der Waals surface area (Å²) in [5.74, 6) is 0.194. The van der Waals surface area contributed by atoms with Crippen molar-refractivity contribution in [3.05, 3.63) is 18.7 Å². The van der Waals surface area contributed by atoms with Crippen LogP contribution in [0.15, 0.2) is 18.7 Å². The predicted molar refractivity (Wildman–Crippen MR) is 74.8 cm³/mol. The van der Waals surface area contributed by atoms with Gasteiger partial charge in [0.2, 0.25) is 5.91 Å². The van der Waals surface area contributed by atoms with E-state index in [0.29, 0.717) is 12.6 Å². The van der Waals surface area contributed by atoms with Crippen LogP contribution in [0.4, 0.5) is 0 Å². The molecule has 1 N–H and O–H groups in total. The number of carbonyl (C=O) groups is 1. The summed E-state index contributed by atoms with van der Waals surface area (Å²) < 4.78 is 2.11. The SMILES string of the molecule is CC(C)(C)NCC(=O)N1CCC[C@H](n2ccnc2)C1. The van der Waals surface area contributed by atoms with Gasteiger partial charge in [-0.3, -0.25) is 4.79 Å². The molecule has 1 aliphatic rings. The first-order valence-corrected chi connectivity index (χ1v) is 6.96. The molecule has 1 aromatic rings. The Balaban J connectivity index is 1.88. The van der Waals surface area contributed by atoms with Gasteiger partial charge >= 0.3 is 0 Å². The number of aromatic nitrogens is 2. The Morgan fingerprint density at radius 1 is 1.47 bits per heavy atom. The minimum Gasteiger partial charge on any atom is -0.340 e. The van der Waals surface area contributed by atoms with Gasteiger partial charge in [-0.25, -0.2) is 4.98 Å². The van der Waals surface area contributed by atoms with Gasteiger partial charge in [0, 0.05) is 31.0 Å². The molecule has 106 valence electrons. The van der Waals surface area contributed by atoms with Crippen LogP contribution in [0.3, 0.4) is 0 Å². The van der Waals surface area contributed by atoms with E-state index in [9.17, 15) is 4.79 Å². The van der Waals surface area contributed by atoms with Gasteiger partial charge < -0.3 is 14.8 Å². The summed E-state index contributed by atoms with van der Waals surface area (Å²) in [5, 5.41) is 3.26. The van der Waals surface area contributed by atoms with E-state index in [4.69, 9.17) is 0 Å². The number of amides is 1. The maximum absolute atomic E-state index is 12.2. The molecule has 1 aromatic heterocycles. The lowest BCUT2D eigenvalue weighted by molar-refractivity contribution is -0.132. The summed E-state index contributed by atoms with van der Waals surface area (Å²) >= 11 is 0. The van der Waals surface area contributed by atoms with Crippen molar-refractivity contribution < 1.29 is 4.79 Å². The molecule has 1 amide bonds. The molecule has 0 radical (unpaired) electrons. The number of rotatable bonds is 3. The van der Waals surface area contributed by atoms with Crippen molar-refractivity contribution in [2.75, 3.05) is 19.6 Å². The van der Waals surface area contributed by atoms with Crippen molar-refractivity contribution >= 4 is 5.91 Å². The molecule has 1 saturated heterocycles. The highest BCUT2D eigenvalue weighted by Crippen LogP contribution is 2.21. The minimum atomic E-state index is -0.0187. The number of hydrogen-bond acceptors (Lipinski definition) is 3. The van der Waals surface area contributed by atoms with Crippen LogP contribution in [0.2, 0.25) is 0 Å². The van der Waals surface area contributed by atoms with Crippen molar-refractivity contribution in [2.24, 2.45) is 0 Å². The standard InChI is InChI=1S/C14H24N4O/c1-14(2,3)16-9-13(19)17-7-4-5-12(10-17)18-8-6-15-11-18/h6,8,11-12,16H,4-5,7,9-10H2,1-3H3/t12-/m0/s1. The average molecular weight is 264 g/mol. The van der Waals surface area contributed by atoms with Gasteiger partial charge in [-0.2, -0.15) is 0 Å². The maximum atomic E-state index is 12.2. The molecule has 1 fully saturated rings. The molecule has 0 unspecified atom stereocenters. The van der Waals surface area contributed by atoms with Crippen LogP contribution < -0.4 is 5.32 Å². The Bertz CT molecular complexity index is 408. The molecule has 19 heavy (non-hydrogen) atoms. The summed E-state index contributed by atoms with van der Waals surface area (Å²) in [5.41, 5.74) is -0.0187. The van der Waals surface area contributed by atoms with Gasteiger partial charge in [-0.05, 0) is 33.6 Å². The van der Waals surface area contributed by atoms with E-state index >= 15 is 0 Å². The van der Waals surface area contributed by atoms with Crippen LogP contribution in [-0.4, -0.2) is 45.5 Å². The van der Waals surface area contributed by atoms with Crippen LogP contribution >= 0.6 is 0 Å². The second kappa shape index (κ2) is 5.74. The summed E-state index contributed by atoms with van der Waals surface area (Å²) in [6.07, 6.45) is 7.79. The summed E-state index contributed by atoms with van der Waals surface area (Å²) in [6.45, 7) is 8.30. The van der Waals surface area contributed by atoms with Gasteiger partial charge in [0.1, 0.15) is 0 Å². The lowest BCUT2D eigenvalue weighted by Crippen LogP contribution is -2.48. The van der Waals surface area contributed by atoms with Gasteiger partial charge in [0.15, 0.2) is 0 Å². The molecule has 1 aliphatic heterocycles. The Hall–Kier alpha value is -1.36. The first-order valence-electron chi connectivity index (χ1n) is 6.96. The zero-order valence-corrected chi connectivity index (χ0v) is 12.1.